The number of H-pyrrole nitrogens is 1. The fourth-order valence-corrected chi connectivity index (χ4v) is 2.05. The molecule has 2 N–H and O–H groups in total. The first-order chi connectivity index (χ1) is 6.68. The SMILES string of the molecule is Oc1ccc(-c2n[nH]c(I)c2I)cc1. The summed E-state index contributed by atoms with van der Waals surface area (Å²) in [5, 5.41) is 16.3. The van der Waals surface area contributed by atoms with E-state index in [1.54, 1.807) is 12.1 Å². The maximum atomic E-state index is 9.15. The second-order valence-electron chi connectivity index (χ2n) is 2.75. The van der Waals surface area contributed by atoms with Crippen LogP contribution in [0.25, 0.3) is 11.3 Å². The molecule has 0 aliphatic heterocycles. The maximum absolute atomic E-state index is 9.15. The number of benzene rings is 1. The van der Waals surface area contributed by atoms with E-state index in [-0.39, 0.29) is 5.75 Å². The molecule has 0 spiro atoms. The highest BCUT2D eigenvalue weighted by Gasteiger charge is 2.09. The highest BCUT2D eigenvalue weighted by atomic mass is 127. The van der Waals surface area contributed by atoms with Crippen molar-refractivity contribution in [2.24, 2.45) is 0 Å². The van der Waals surface area contributed by atoms with E-state index in [9.17, 15) is 0 Å². The molecule has 0 atom stereocenters. The first-order valence-corrected chi connectivity index (χ1v) is 6.03. The Morgan fingerprint density at radius 1 is 1.14 bits per heavy atom. The van der Waals surface area contributed by atoms with Crippen LogP contribution < -0.4 is 0 Å². The number of phenolic OH excluding ortho intramolecular Hbond substituents is 1. The Bertz CT molecular complexity index is 450. The summed E-state index contributed by atoms with van der Waals surface area (Å²) >= 11 is 4.45. The van der Waals surface area contributed by atoms with Gasteiger partial charge in [-0.05, 0) is 69.4 Å². The molecule has 3 nitrogen and oxygen atoms in total. The number of nitrogens with zero attached hydrogens (tertiary/aromatic N) is 1. The van der Waals surface area contributed by atoms with Gasteiger partial charge < -0.3 is 5.11 Å². The van der Waals surface area contributed by atoms with Gasteiger partial charge in [-0.25, -0.2) is 0 Å². The molecule has 1 aromatic carbocycles. The van der Waals surface area contributed by atoms with Crippen LogP contribution in [0.3, 0.4) is 0 Å². The molecule has 0 amide bonds. The molecule has 1 heterocycles. The van der Waals surface area contributed by atoms with Crippen LogP contribution in [0, 0.1) is 7.27 Å². The number of aromatic hydroxyl groups is 1. The molecule has 1 aromatic heterocycles. The molecule has 0 radical (unpaired) electrons. The first-order valence-electron chi connectivity index (χ1n) is 3.87. The number of halogens is 2. The molecule has 14 heavy (non-hydrogen) atoms. The van der Waals surface area contributed by atoms with Gasteiger partial charge in [0.2, 0.25) is 0 Å². The first kappa shape index (κ1) is 10.2. The highest BCUT2D eigenvalue weighted by molar-refractivity contribution is 14.1. The van der Waals surface area contributed by atoms with Gasteiger partial charge in [-0.1, -0.05) is 0 Å². The summed E-state index contributed by atoms with van der Waals surface area (Å²) in [5.74, 6) is 0.272. The quantitative estimate of drug-likeness (QED) is 0.709. The normalized spacial score (nSPS) is 10.4. The lowest BCUT2D eigenvalue weighted by molar-refractivity contribution is 0.475. The van der Waals surface area contributed by atoms with Crippen LogP contribution >= 0.6 is 45.2 Å². The van der Waals surface area contributed by atoms with Crippen molar-refractivity contribution in [3.63, 3.8) is 0 Å². The number of aromatic amines is 1. The molecule has 2 rings (SSSR count). The largest absolute Gasteiger partial charge is 0.508 e. The number of phenols is 1. The van der Waals surface area contributed by atoms with Gasteiger partial charge in [-0.2, -0.15) is 5.10 Å². The predicted octanol–water partition coefficient (Wildman–Crippen LogP) is 2.99. The van der Waals surface area contributed by atoms with E-state index < -0.39 is 0 Å². The van der Waals surface area contributed by atoms with E-state index in [0.29, 0.717) is 0 Å². The van der Waals surface area contributed by atoms with Gasteiger partial charge in [0, 0.05) is 5.56 Å². The number of hydrogen-bond acceptors (Lipinski definition) is 2. The molecule has 0 saturated heterocycles. The number of hydrogen-bond donors (Lipinski definition) is 2. The third-order valence-electron chi connectivity index (χ3n) is 1.81. The molecule has 0 unspecified atom stereocenters. The predicted molar refractivity (Wildman–Crippen MR) is 71.1 cm³/mol. The van der Waals surface area contributed by atoms with Crippen LogP contribution in [0.4, 0.5) is 0 Å². The smallest absolute Gasteiger partial charge is 0.115 e. The molecule has 5 heteroatoms. The molecule has 0 fully saturated rings. The molecule has 0 aliphatic carbocycles. The van der Waals surface area contributed by atoms with Gasteiger partial charge in [0.05, 0.1) is 3.57 Å². The Morgan fingerprint density at radius 3 is 2.29 bits per heavy atom. The summed E-state index contributed by atoms with van der Waals surface area (Å²) in [6, 6.07) is 7.02. The fraction of sp³-hybridized carbons (Fsp3) is 0. The van der Waals surface area contributed by atoms with Crippen molar-refractivity contribution < 1.29 is 5.11 Å². The zero-order chi connectivity index (χ0) is 10.1. The minimum Gasteiger partial charge on any atom is -0.508 e. The molecule has 0 bridgehead atoms. The van der Waals surface area contributed by atoms with Gasteiger partial charge in [-0.15, -0.1) is 0 Å². The molecule has 2 aromatic rings. The molecule has 0 saturated carbocycles. The van der Waals surface area contributed by atoms with Gasteiger partial charge >= 0.3 is 0 Å². The Morgan fingerprint density at radius 2 is 1.79 bits per heavy atom. The van der Waals surface area contributed by atoms with Crippen LogP contribution in [0.2, 0.25) is 0 Å². The third-order valence-corrected chi connectivity index (χ3v) is 4.67. The summed E-state index contributed by atoms with van der Waals surface area (Å²) in [4.78, 5) is 0. The van der Waals surface area contributed by atoms with Crippen molar-refractivity contribution in [1.82, 2.24) is 10.2 Å². The second kappa shape index (κ2) is 4.05. The summed E-state index contributed by atoms with van der Waals surface area (Å²) in [5.41, 5.74) is 1.93. The minimum absolute atomic E-state index is 0.272. The number of aromatic nitrogens is 2. The minimum atomic E-state index is 0.272. The van der Waals surface area contributed by atoms with E-state index in [4.69, 9.17) is 5.11 Å². The average Bonchev–Trinajstić information content (AvgIpc) is 2.50. The Balaban J connectivity index is 2.49. The van der Waals surface area contributed by atoms with Gasteiger partial charge in [0.15, 0.2) is 0 Å². The maximum Gasteiger partial charge on any atom is 0.115 e. The Hall–Kier alpha value is -0.310. The zero-order valence-electron chi connectivity index (χ0n) is 6.96. The Kier molecular flexibility index (Phi) is 2.96. The fourth-order valence-electron chi connectivity index (χ4n) is 1.12. The van der Waals surface area contributed by atoms with Crippen molar-refractivity contribution in [3.05, 3.63) is 31.5 Å². The molecule has 0 aliphatic rings. The van der Waals surface area contributed by atoms with Crippen molar-refractivity contribution >= 4 is 45.2 Å². The lowest BCUT2D eigenvalue weighted by atomic mass is 10.1. The lowest BCUT2D eigenvalue weighted by Crippen LogP contribution is -1.80. The van der Waals surface area contributed by atoms with Crippen LogP contribution in [-0.2, 0) is 0 Å². The van der Waals surface area contributed by atoms with Crippen molar-refractivity contribution in [2.45, 2.75) is 0 Å². The monoisotopic (exact) mass is 412 g/mol. The van der Waals surface area contributed by atoms with Crippen molar-refractivity contribution in [1.29, 1.82) is 0 Å². The van der Waals surface area contributed by atoms with Crippen LogP contribution in [0.15, 0.2) is 24.3 Å². The average molecular weight is 412 g/mol. The zero-order valence-corrected chi connectivity index (χ0v) is 11.3. The summed E-state index contributed by atoms with van der Waals surface area (Å²) in [6.45, 7) is 0. The van der Waals surface area contributed by atoms with Gasteiger partial charge in [0.25, 0.3) is 0 Å². The molecule has 72 valence electrons. The number of nitrogens with one attached hydrogen (secondary N) is 1. The van der Waals surface area contributed by atoms with Gasteiger partial charge in [0.1, 0.15) is 15.1 Å². The van der Waals surface area contributed by atoms with E-state index in [1.165, 1.54) is 0 Å². The van der Waals surface area contributed by atoms with E-state index in [2.05, 4.69) is 55.4 Å². The van der Waals surface area contributed by atoms with E-state index in [1.807, 2.05) is 12.1 Å². The van der Waals surface area contributed by atoms with Crippen LogP contribution in [0.5, 0.6) is 5.75 Å². The van der Waals surface area contributed by atoms with E-state index in [0.717, 1.165) is 18.5 Å². The van der Waals surface area contributed by atoms with Crippen molar-refractivity contribution in [3.8, 4) is 17.0 Å². The summed E-state index contributed by atoms with van der Waals surface area (Å²) in [7, 11) is 0. The van der Waals surface area contributed by atoms with Crippen molar-refractivity contribution in [2.75, 3.05) is 0 Å². The molecular weight excluding hydrogens is 406 g/mol. The van der Waals surface area contributed by atoms with E-state index >= 15 is 0 Å². The topological polar surface area (TPSA) is 48.9 Å². The summed E-state index contributed by atoms with van der Waals surface area (Å²) in [6.07, 6.45) is 0. The van der Waals surface area contributed by atoms with Crippen LogP contribution in [-0.4, -0.2) is 15.3 Å². The second-order valence-corrected chi connectivity index (χ2v) is 4.90. The highest BCUT2D eigenvalue weighted by Crippen LogP contribution is 2.27. The number of rotatable bonds is 1. The lowest BCUT2D eigenvalue weighted by Gasteiger charge is -1.97. The third kappa shape index (κ3) is 1.88. The van der Waals surface area contributed by atoms with Crippen LogP contribution in [0.1, 0.15) is 0 Å². The Labute approximate surface area is 108 Å². The summed E-state index contributed by atoms with van der Waals surface area (Å²) < 4.78 is 2.14. The molecular formula is C9H6I2N2O. The van der Waals surface area contributed by atoms with Gasteiger partial charge in [-0.3, -0.25) is 5.10 Å². The standard InChI is InChI=1S/C9H6I2N2O/c10-7-8(12-13-9(7)11)5-1-3-6(14)4-2-5/h1-4,14H,(H,12,13).